The standard InChI is InChI=1S/C7H15N3O2S/c8-7(9)10-3-1-2-5(4-13)6(11)12/h5,13H,1-4H2,(H,11,12)(H4,8,9,10)/t5-/m0/s1. The van der Waals surface area contributed by atoms with Crippen LogP contribution in [0.5, 0.6) is 0 Å². The van der Waals surface area contributed by atoms with Crippen molar-refractivity contribution in [3.63, 3.8) is 0 Å². The number of thiol groups is 1. The molecule has 0 rings (SSSR count). The first-order chi connectivity index (χ1) is 6.07. The van der Waals surface area contributed by atoms with Crippen LogP contribution in [0.15, 0.2) is 4.99 Å². The zero-order valence-corrected chi connectivity index (χ0v) is 8.20. The van der Waals surface area contributed by atoms with Crippen LogP contribution in [0.25, 0.3) is 0 Å². The van der Waals surface area contributed by atoms with Crippen LogP contribution in [0.3, 0.4) is 0 Å². The van der Waals surface area contributed by atoms with Crippen LogP contribution in [0.4, 0.5) is 0 Å². The van der Waals surface area contributed by atoms with Gasteiger partial charge in [-0.15, -0.1) is 0 Å². The van der Waals surface area contributed by atoms with Gasteiger partial charge >= 0.3 is 5.97 Å². The lowest BCUT2D eigenvalue weighted by atomic mass is 10.1. The summed E-state index contributed by atoms with van der Waals surface area (Å²) in [6.07, 6.45) is 1.21. The molecule has 0 aromatic rings. The van der Waals surface area contributed by atoms with Gasteiger partial charge in [-0.2, -0.15) is 12.6 Å². The molecule has 0 heterocycles. The molecule has 0 unspecified atom stereocenters. The van der Waals surface area contributed by atoms with Gasteiger partial charge in [-0.1, -0.05) is 0 Å². The molecule has 0 saturated carbocycles. The molecule has 76 valence electrons. The van der Waals surface area contributed by atoms with Crippen LogP contribution in [0.2, 0.25) is 0 Å². The number of nitrogens with zero attached hydrogens (tertiary/aromatic N) is 1. The summed E-state index contributed by atoms with van der Waals surface area (Å²) in [5.74, 6) is -0.841. The summed E-state index contributed by atoms with van der Waals surface area (Å²) in [6, 6.07) is 0. The SMILES string of the molecule is NC(N)=NCCC[C@@H](CS)C(=O)O. The number of carboxylic acid groups (broad SMARTS) is 1. The molecule has 6 heteroatoms. The maximum atomic E-state index is 10.5. The van der Waals surface area contributed by atoms with Crippen LogP contribution < -0.4 is 11.5 Å². The van der Waals surface area contributed by atoms with Crippen molar-refractivity contribution in [2.45, 2.75) is 12.8 Å². The normalized spacial score (nSPS) is 12.1. The van der Waals surface area contributed by atoms with Gasteiger partial charge in [-0.3, -0.25) is 9.79 Å². The molecule has 0 fully saturated rings. The molecule has 1 atom stereocenters. The Morgan fingerprint density at radius 1 is 1.54 bits per heavy atom. The minimum atomic E-state index is -0.820. The minimum Gasteiger partial charge on any atom is -0.481 e. The second kappa shape index (κ2) is 6.59. The lowest BCUT2D eigenvalue weighted by Crippen LogP contribution is -2.23. The zero-order chi connectivity index (χ0) is 10.3. The number of guanidine groups is 1. The van der Waals surface area contributed by atoms with Crippen molar-refractivity contribution < 1.29 is 9.90 Å². The van der Waals surface area contributed by atoms with E-state index in [0.717, 1.165) is 0 Å². The summed E-state index contributed by atoms with van der Waals surface area (Å²) in [4.78, 5) is 14.3. The Morgan fingerprint density at radius 2 is 2.15 bits per heavy atom. The Labute approximate surface area is 82.6 Å². The van der Waals surface area contributed by atoms with E-state index in [2.05, 4.69) is 17.6 Å². The van der Waals surface area contributed by atoms with Gasteiger partial charge in [0.15, 0.2) is 5.96 Å². The van der Waals surface area contributed by atoms with E-state index in [9.17, 15) is 4.79 Å². The first-order valence-electron chi connectivity index (χ1n) is 3.97. The van der Waals surface area contributed by atoms with Crippen molar-refractivity contribution in [1.29, 1.82) is 0 Å². The second-order valence-corrected chi connectivity index (χ2v) is 3.03. The molecule has 0 aliphatic heterocycles. The molecular formula is C7H15N3O2S. The van der Waals surface area contributed by atoms with Gasteiger partial charge in [-0.05, 0) is 12.8 Å². The van der Waals surface area contributed by atoms with E-state index in [1.54, 1.807) is 0 Å². The summed E-state index contributed by atoms with van der Waals surface area (Å²) in [6.45, 7) is 0.472. The van der Waals surface area contributed by atoms with E-state index in [-0.39, 0.29) is 5.96 Å². The number of aliphatic carboxylic acids is 1. The molecule has 13 heavy (non-hydrogen) atoms. The fourth-order valence-electron chi connectivity index (χ4n) is 0.839. The van der Waals surface area contributed by atoms with Crippen molar-refractivity contribution in [3.8, 4) is 0 Å². The Morgan fingerprint density at radius 3 is 2.54 bits per heavy atom. The fraction of sp³-hybridized carbons (Fsp3) is 0.714. The van der Waals surface area contributed by atoms with Gasteiger partial charge in [0.05, 0.1) is 5.92 Å². The number of nitrogens with two attached hydrogens (primary N) is 2. The predicted octanol–water partition coefficient (Wildman–Crippen LogP) is -0.329. The van der Waals surface area contributed by atoms with Crippen LogP contribution in [-0.4, -0.2) is 29.3 Å². The fourth-order valence-corrected chi connectivity index (χ4v) is 1.18. The van der Waals surface area contributed by atoms with E-state index >= 15 is 0 Å². The topological polar surface area (TPSA) is 102 Å². The summed E-state index contributed by atoms with van der Waals surface area (Å²) in [7, 11) is 0. The molecule has 0 aliphatic carbocycles. The van der Waals surface area contributed by atoms with Crippen molar-refractivity contribution in [1.82, 2.24) is 0 Å². The average molecular weight is 205 g/mol. The quantitative estimate of drug-likeness (QED) is 0.206. The maximum absolute atomic E-state index is 10.5. The summed E-state index contributed by atoms with van der Waals surface area (Å²) in [5, 5.41) is 8.65. The van der Waals surface area contributed by atoms with Crippen LogP contribution in [-0.2, 0) is 4.79 Å². The van der Waals surface area contributed by atoms with E-state index in [1.807, 2.05) is 0 Å². The molecular weight excluding hydrogens is 190 g/mol. The molecule has 0 bridgehead atoms. The number of rotatable bonds is 6. The van der Waals surface area contributed by atoms with Crippen molar-refractivity contribution in [2.24, 2.45) is 22.4 Å². The molecule has 0 amide bonds. The summed E-state index contributed by atoms with van der Waals surface area (Å²) in [5.41, 5.74) is 10.2. The first kappa shape index (κ1) is 12.1. The maximum Gasteiger partial charge on any atom is 0.307 e. The van der Waals surface area contributed by atoms with E-state index < -0.39 is 11.9 Å². The molecule has 0 aliphatic rings. The molecule has 0 aromatic carbocycles. The summed E-state index contributed by atoms with van der Waals surface area (Å²) >= 11 is 3.93. The number of aliphatic imine (C=N–C) groups is 1. The largest absolute Gasteiger partial charge is 0.481 e. The van der Waals surface area contributed by atoms with Crippen molar-refractivity contribution in [2.75, 3.05) is 12.3 Å². The first-order valence-corrected chi connectivity index (χ1v) is 4.60. The van der Waals surface area contributed by atoms with Gasteiger partial charge in [0, 0.05) is 12.3 Å². The molecule has 5 nitrogen and oxygen atoms in total. The van der Waals surface area contributed by atoms with Crippen LogP contribution in [0.1, 0.15) is 12.8 Å². The third-order valence-corrected chi connectivity index (χ3v) is 2.02. The molecule has 0 radical (unpaired) electrons. The number of hydrogen-bond donors (Lipinski definition) is 4. The number of carbonyl (C=O) groups is 1. The van der Waals surface area contributed by atoms with E-state index in [4.69, 9.17) is 16.6 Å². The Balaban J connectivity index is 3.62. The van der Waals surface area contributed by atoms with Crippen LogP contribution >= 0.6 is 12.6 Å². The highest BCUT2D eigenvalue weighted by molar-refractivity contribution is 7.80. The Bertz CT molecular complexity index is 192. The molecule has 0 aromatic heterocycles. The number of carboxylic acids is 1. The van der Waals surface area contributed by atoms with E-state index in [0.29, 0.717) is 25.1 Å². The average Bonchev–Trinajstić information content (AvgIpc) is 2.03. The van der Waals surface area contributed by atoms with Crippen molar-refractivity contribution >= 4 is 24.6 Å². The van der Waals surface area contributed by atoms with Crippen LogP contribution in [0, 0.1) is 5.92 Å². The van der Waals surface area contributed by atoms with Gasteiger partial charge in [-0.25, -0.2) is 0 Å². The van der Waals surface area contributed by atoms with Crippen molar-refractivity contribution in [3.05, 3.63) is 0 Å². The van der Waals surface area contributed by atoms with Gasteiger partial charge in [0.1, 0.15) is 0 Å². The lowest BCUT2D eigenvalue weighted by molar-refractivity contribution is -0.141. The Hall–Kier alpha value is -0.910. The van der Waals surface area contributed by atoms with Gasteiger partial charge < -0.3 is 16.6 Å². The highest BCUT2D eigenvalue weighted by atomic mass is 32.1. The smallest absolute Gasteiger partial charge is 0.307 e. The third kappa shape index (κ3) is 6.27. The van der Waals surface area contributed by atoms with Gasteiger partial charge in [0.2, 0.25) is 0 Å². The molecule has 5 N–H and O–H groups in total. The predicted molar refractivity (Wildman–Crippen MR) is 54.9 cm³/mol. The highest BCUT2D eigenvalue weighted by Crippen LogP contribution is 2.08. The Kier molecular flexibility index (Phi) is 6.13. The summed E-state index contributed by atoms with van der Waals surface area (Å²) < 4.78 is 0. The minimum absolute atomic E-state index is 0.0396. The zero-order valence-electron chi connectivity index (χ0n) is 7.31. The monoisotopic (exact) mass is 205 g/mol. The van der Waals surface area contributed by atoms with E-state index in [1.165, 1.54) is 0 Å². The number of hydrogen-bond acceptors (Lipinski definition) is 3. The van der Waals surface area contributed by atoms with Gasteiger partial charge in [0.25, 0.3) is 0 Å². The molecule has 0 saturated heterocycles. The molecule has 0 spiro atoms. The second-order valence-electron chi connectivity index (χ2n) is 2.67. The third-order valence-electron chi connectivity index (χ3n) is 1.57. The highest BCUT2D eigenvalue weighted by Gasteiger charge is 2.14. The lowest BCUT2D eigenvalue weighted by Gasteiger charge is -2.06.